The van der Waals surface area contributed by atoms with Crippen molar-refractivity contribution in [2.45, 2.75) is 74.6 Å². The molecular weight excluding hydrogens is 901 g/mol. The fraction of sp³-hybridized carbons (Fsp3) is 0.471. The van der Waals surface area contributed by atoms with Crippen molar-refractivity contribution in [3.05, 3.63) is 77.9 Å². The van der Waals surface area contributed by atoms with Gasteiger partial charge in [-0.1, -0.05) is 6.08 Å². The van der Waals surface area contributed by atoms with Gasteiger partial charge in [0.25, 0.3) is 0 Å². The van der Waals surface area contributed by atoms with Crippen molar-refractivity contribution in [1.82, 2.24) is 39.0 Å². The van der Waals surface area contributed by atoms with Crippen LogP contribution >= 0.6 is 15.6 Å². The smallest absolute Gasteiger partial charge is 0.455 e. The lowest BCUT2D eigenvalue weighted by molar-refractivity contribution is -0.168. The number of pyridine rings is 1. The number of aromatic nitrogens is 7. The molecule has 6 rings (SSSR count). The summed E-state index contributed by atoms with van der Waals surface area (Å²) in [6.07, 6.45) is -6.97. The van der Waals surface area contributed by atoms with Gasteiger partial charge in [0.2, 0.25) is 5.91 Å². The molecule has 30 heteroatoms. The fourth-order valence-corrected chi connectivity index (χ4v) is 7.90. The summed E-state index contributed by atoms with van der Waals surface area (Å²) >= 11 is 0. The van der Waals surface area contributed by atoms with Gasteiger partial charge in [-0.05, 0) is 24.1 Å². The maximum Gasteiger partial charge on any atom is 0.472 e. The first kappa shape index (κ1) is 48.3. The number of phosphoric acid groups is 2. The third kappa shape index (κ3) is 11.5. The molecule has 2 aliphatic rings. The monoisotopic (exact) mass is 944 g/mol. The van der Waals surface area contributed by atoms with Crippen LogP contribution < -0.4 is 17.2 Å². The van der Waals surface area contributed by atoms with Crippen LogP contribution in [0.4, 0.5) is 16.0 Å². The number of anilines is 2. The zero-order valence-electron chi connectivity index (χ0n) is 33.4. The Morgan fingerprint density at radius 3 is 2.41 bits per heavy atom. The fourth-order valence-electron chi connectivity index (χ4n) is 6.59. The highest BCUT2D eigenvalue weighted by atomic mass is 31.2. The van der Waals surface area contributed by atoms with E-state index in [0.717, 1.165) is 40.3 Å². The van der Waals surface area contributed by atoms with Crippen molar-refractivity contribution in [1.29, 1.82) is 0 Å². The van der Waals surface area contributed by atoms with Gasteiger partial charge in [0.1, 0.15) is 54.0 Å². The average molecular weight is 945 g/mol. The van der Waals surface area contributed by atoms with E-state index in [-0.39, 0.29) is 42.2 Å². The quantitative estimate of drug-likeness (QED) is 0.0312. The number of carbonyl (C=O) groups excluding carboxylic acids is 2. The van der Waals surface area contributed by atoms with Gasteiger partial charge in [0.05, 0.1) is 39.0 Å². The zero-order chi connectivity index (χ0) is 46.5. The summed E-state index contributed by atoms with van der Waals surface area (Å²) in [4.78, 5) is 89.8. The molecule has 0 radical (unpaired) electrons. The number of aliphatic hydroxyl groups excluding tert-OH is 2. The van der Waals surface area contributed by atoms with E-state index in [1.54, 1.807) is 0 Å². The number of fused-ring (bicyclic) bond motifs is 1. The van der Waals surface area contributed by atoms with Crippen molar-refractivity contribution < 1.29 is 80.5 Å². The maximum absolute atomic E-state index is 14.1. The number of nitrogens with two attached hydrogens (primary N) is 2. The minimum Gasteiger partial charge on any atom is -0.455 e. The first-order chi connectivity index (χ1) is 30.3. The van der Waals surface area contributed by atoms with E-state index in [9.17, 15) is 52.8 Å². The van der Waals surface area contributed by atoms with Crippen molar-refractivity contribution in [2.75, 3.05) is 38.3 Å². The lowest BCUT2D eigenvalue weighted by Gasteiger charge is -2.29. The molecule has 0 aliphatic carbocycles. The number of aliphatic hydroxyl groups is 2. The van der Waals surface area contributed by atoms with Crippen LogP contribution in [0.3, 0.4) is 0 Å². The standard InChI is InChI=1S/C34H43FN10O17P2/c1-3-4-5-23(46)43(2)19(12-56-11-17-8-18(35)10-38-9-17)33(49)61-27-20(59-32(25(27)47)45-16-41-24-29(37)39-15-40-30(24)45)14-58-64(54,55)62-28-21(13-57-63(51,52)53)60-31(26(28)48)44-7-6-22(36)42-34(44)50/h3,6-10,15-16,19-21,25-28,31-32,47-48H,1,4-5,11-14H2,2H3,(H,54,55)(H2,36,42,50)(H2,37,39,40)(H2,51,52,53)/t19-,20+,21+,25+,26+,27+,28+,31+,32+/m0/s1. The first-order valence-electron chi connectivity index (χ1n) is 18.8. The molecule has 4 aromatic heterocycles. The highest BCUT2D eigenvalue weighted by Gasteiger charge is 2.52. The van der Waals surface area contributed by atoms with E-state index >= 15 is 0 Å². The van der Waals surface area contributed by atoms with Gasteiger partial charge in [-0.3, -0.25) is 32.5 Å². The van der Waals surface area contributed by atoms with E-state index in [4.69, 9.17) is 39.5 Å². The number of halogens is 1. The largest absolute Gasteiger partial charge is 0.472 e. The summed E-state index contributed by atoms with van der Waals surface area (Å²) in [6, 6.07) is 0.798. The molecular formula is C34H43FN10O17P2. The SMILES string of the molecule is C=CCCC(=O)N(C)[C@@H](COCc1cncc(F)c1)C(=O)O[C@H]1[C@@H](O)[C@H](n2cnc3c(N)ncnc32)O[C@@H]1COP(=O)(O)O[C@H]1[C@@H](O)[C@H](n2ccc(N)nc2=O)O[C@@H]1COP(=O)(O)O. The number of hydrogen-bond acceptors (Lipinski definition) is 21. The molecule has 10 atom stereocenters. The molecule has 9 N–H and O–H groups in total. The predicted molar refractivity (Wildman–Crippen MR) is 211 cm³/mol. The lowest BCUT2D eigenvalue weighted by atomic mass is 10.1. The number of nitrogens with zero attached hydrogens (tertiary/aromatic N) is 8. The van der Waals surface area contributed by atoms with Crippen LogP contribution in [-0.2, 0) is 57.8 Å². The van der Waals surface area contributed by atoms with Crippen LogP contribution in [0.15, 0.2) is 60.8 Å². The Hall–Kier alpha value is -5.19. The highest BCUT2D eigenvalue weighted by Crippen LogP contribution is 2.50. The number of allylic oxidation sites excluding steroid dienone is 1. The number of esters is 1. The van der Waals surface area contributed by atoms with E-state index in [1.165, 1.54) is 30.2 Å². The van der Waals surface area contributed by atoms with Crippen molar-refractivity contribution >= 4 is 50.3 Å². The second-order valence-electron chi connectivity index (χ2n) is 14.1. The third-order valence-electron chi connectivity index (χ3n) is 9.72. The molecule has 348 valence electrons. The van der Waals surface area contributed by atoms with E-state index in [0.29, 0.717) is 5.56 Å². The summed E-state index contributed by atoms with van der Waals surface area (Å²) in [6.45, 7) is 0.763. The summed E-state index contributed by atoms with van der Waals surface area (Å²) in [5.74, 6) is -2.59. The first-order valence-corrected chi connectivity index (χ1v) is 21.8. The number of nitrogen functional groups attached to an aromatic ring is 2. The van der Waals surface area contributed by atoms with E-state index < -0.39 is 114 Å². The summed E-state index contributed by atoms with van der Waals surface area (Å²) in [5, 5.41) is 22.9. The summed E-state index contributed by atoms with van der Waals surface area (Å²) in [5.41, 5.74) is 10.9. The molecule has 1 amide bonds. The minimum absolute atomic E-state index is 0.0409. The molecule has 64 heavy (non-hydrogen) atoms. The summed E-state index contributed by atoms with van der Waals surface area (Å²) < 4.78 is 78.9. The Bertz CT molecular complexity index is 2480. The second-order valence-corrected chi connectivity index (χ2v) is 16.8. The van der Waals surface area contributed by atoms with Crippen molar-refractivity contribution in [3.8, 4) is 0 Å². The topological polar surface area (TPSA) is 381 Å². The molecule has 6 heterocycles. The molecule has 2 aliphatic heterocycles. The number of imidazole rings is 1. The molecule has 4 aromatic rings. The summed E-state index contributed by atoms with van der Waals surface area (Å²) in [7, 11) is -9.37. The van der Waals surface area contributed by atoms with Crippen LogP contribution in [0.1, 0.15) is 30.9 Å². The van der Waals surface area contributed by atoms with Crippen LogP contribution in [-0.4, -0.2) is 145 Å². The number of phosphoric ester groups is 2. The second kappa shape index (κ2) is 20.3. The van der Waals surface area contributed by atoms with Gasteiger partial charge in [-0.15, -0.1) is 6.58 Å². The third-order valence-corrected chi connectivity index (χ3v) is 11.2. The number of amides is 1. The van der Waals surface area contributed by atoms with Gasteiger partial charge in [-0.25, -0.2) is 38.1 Å². The van der Waals surface area contributed by atoms with Gasteiger partial charge >= 0.3 is 27.3 Å². The van der Waals surface area contributed by atoms with Crippen LogP contribution in [0.25, 0.3) is 11.2 Å². The van der Waals surface area contributed by atoms with Gasteiger partial charge in [0, 0.05) is 25.9 Å². The lowest BCUT2D eigenvalue weighted by Crippen LogP contribution is -2.49. The number of rotatable bonds is 20. The molecule has 0 saturated carbocycles. The Morgan fingerprint density at radius 2 is 1.72 bits per heavy atom. The molecule has 0 spiro atoms. The van der Waals surface area contributed by atoms with Crippen molar-refractivity contribution in [3.63, 3.8) is 0 Å². The maximum atomic E-state index is 14.1. The molecule has 2 saturated heterocycles. The number of ether oxygens (including phenoxy) is 4. The zero-order valence-corrected chi connectivity index (χ0v) is 35.2. The number of likely N-dealkylation sites (N-methyl/N-ethyl adjacent to an activating group) is 1. The van der Waals surface area contributed by atoms with Crippen LogP contribution in [0.5, 0.6) is 0 Å². The number of carbonyl (C=O) groups is 2. The van der Waals surface area contributed by atoms with Crippen LogP contribution in [0, 0.1) is 5.82 Å². The van der Waals surface area contributed by atoms with Crippen LogP contribution in [0.2, 0.25) is 0 Å². The molecule has 0 aromatic carbocycles. The Morgan fingerprint density at radius 1 is 1.03 bits per heavy atom. The van der Waals surface area contributed by atoms with Gasteiger partial charge < -0.3 is 60.2 Å². The highest BCUT2D eigenvalue weighted by molar-refractivity contribution is 7.47. The van der Waals surface area contributed by atoms with Crippen molar-refractivity contribution in [2.24, 2.45) is 0 Å². The Kier molecular flexibility index (Phi) is 15.3. The number of hydrogen-bond donors (Lipinski definition) is 7. The predicted octanol–water partition coefficient (Wildman–Crippen LogP) is -1.17. The molecule has 27 nitrogen and oxygen atoms in total. The van der Waals surface area contributed by atoms with E-state index in [1.807, 2.05) is 0 Å². The molecule has 2 fully saturated rings. The average Bonchev–Trinajstić information content (AvgIpc) is 3.89. The Labute approximate surface area is 360 Å². The van der Waals surface area contributed by atoms with E-state index in [2.05, 4.69) is 36.0 Å². The van der Waals surface area contributed by atoms with Gasteiger partial charge in [0.15, 0.2) is 36.1 Å². The van der Waals surface area contributed by atoms with Gasteiger partial charge in [-0.2, -0.15) is 4.98 Å². The minimum atomic E-state index is -5.47. The molecule has 1 unspecified atom stereocenters. The normalized spacial score (nSPS) is 24.9. The Balaban J connectivity index is 1.25. The molecule has 0 bridgehead atoms.